The zero-order chi connectivity index (χ0) is 22.0. The second-order valence-electron chi connectivity index (χ2n) is 7.00. The molecule has 2 heterocycles. The van der Waals surface area contributed by atoms with E-state index in [1.807, 2.05) is 12.1 Å². The molecule has 4 rings (SSSR count). The van der Waals surface area contributed by atoms with Crippen LogP contribution in [0.1, 0.15) is 27.0 Å². The Morgan fingerprint density at radius 3 is 2.65 bits per heavy atom. The Morgan fingerprint density at radius 2 is 1.90 bits per heavy atom. The predicted octanol–water partition coefficient (Wildman–Crippen LogP) is 4.20. The van der Waals surface area contributed by atoms with Gasteiger partial charge in [0.05, 0.1) is 11.3 Å². The average Bonchev–Trinajstić information content (AvgIpc) is 2.78. The molecule has 0 aliphatic carbocycles. The molecule has 152 valence electrons. The lowest BCUT2D eigenvalue weighted by molar-refractivity contribution is -0.114. The summed E-state index contributed by atoms with van der Waals surface area (Å²) >= 11 is 0. The number of anilines is 1. The number of rotatable bonds is 2. The lowest BCUT2D eigenvalue weighted by Gasteiger charge is -2.26. The minimum atomic E-state index is -1.05. The molecule has 0 fully saturated rings. The van der Waals surface area contributed by atoms with Gasteiger partial charge in [-0.3, -0.25) is 14.6 Å². The van der Waals surface area contributed by atoms with Gasteiger partial charge in [0.2, 0.25) is 5.78 Å². The van der Waals surface area contributed by atoms with Crippen molar-refractivity contribution in [3.05, 3.63) is 100 Å². The normalized spacial score (nSPS) is 14.3. The van der Waals surface area contributed by atoms with Crippen molar-refractivity contribution in [1.29, 1.82) is 0 Å². The Hall–Kier alpha value is -4.11. The lowest BCUT2D eigenvalue weighted by atomic mass is 9.92. The van der Waals surface area contributed by atoms with Gasteiger partial charge in [0.1, 0.15) is 0 Å². The molecule has 2 aromatic carbocycles. The van der Waals surface area contributed by atoms with E-state index in [0.717, 1.165) is 17.7 Å². The Bertz CT molecular complexity index is 1290. The van der Waals surface area contributed by atoms with Crippen molar-refractivity contribution >= 4 is 23.5 Å². The average molecular weight is 414 g/mol. The number of amides is 1. The number of benzene rings is 2. The molecule has 0 spiro atoms. The molecule has 1 aliphatic heterocycles. The summed E-state index contributed by atoms with van der Waals surface area (Å²) < 4.78 is 26.7. The first-order valence-electron chi connectivity index (χ1n) is 9.45. The predicted molar refractivity (Wildman–Crippen MR) is 113 cm³/mol. The number of ketones is 1. The summed E-state index contributed by atoms with van der Waals surface area (Å²) in [5, 5.41) is 0. The second kappa shape index (κ2) is 8.33. The molecule has 3 aromatic rings. The van der Waals surface area contributed by atoms with Gasteiger partial charge in [-0.2, -0.15) is 0 Å². The molecule has 0 N–H and O–H groups in total. The second-order valence-corrected chi connectivity index (χ2v) is 7.00. The van der Waals surface area contributed by atoms with E-state index in [2.05, 4.69) is 16.8 Å². The van der Waals surface area contributed by atoms with Gasteiger partial charge in [0, 0.05) is 37.0 Å². The third kappa shape index (κ3) is 4.12. The lowest BCUT2D eigenvalue weighted by Crippen LogP contribution is -2.36. The van der Waals surface area contributed by atoms with E-state index in [9.17, 15) is 18.4 Å². The van der Waals surface area contributed by atoms with Crippen LogP contribution in [0.25, 0.3) is 6.08 Å². The van der Waals surface area contributed by atoms with Crippen molar-refractivity contribution in [3.8, 4) is 11.8 Å². The quantitative estimate of drug-likeness (QED) is 0.359. The molecular weight excluding hydrogens is 398 g/mol. The third-order valence-electron chi connectivity index (χ3n) is 4.88. The van der Waals surface area contributed by atoms with Crippen molar-refractivity contribution < 1.29 is 18.4 Å². The van der Waals surface area contributed by atoms with Crippen LogP contribution in [0.5, 0.6) is 0 Å². The van der Waals surface area contributed by atoms with Crippen molar-refractivity contribution in [2.45, 2.75) is 6.42 Å². The van der Waals surface area contributed by atoms with Crippen LogP contribution in [-0.2, 0) is 11.2 Å². The Morgan fingerprint density at radius 1 is 1.06 bits per heavy atom. The fourth-order valence-electron chi connectivity index (χ4n) is 3.27. The molecule has 1 amide bonds. The van der Waals surface area contributed by atoms with Crippen LogP contribution in [0, 0.1) is 23.5 Å². The van der Waals surface area contributed by atoms with Gasteiger partial charge in [-0.25, -0.2) is 8.78 Å². The van der Waals surface area contributed by atoms with Gasteiger partial charge in [-0.05, 0) is 53.6 Å². The molecule has 0 atom stereocenters. The standard InChI is InChI=1S/C25H16F2N2O2/c1-29-23-10-8-16(4-2-5-17-6-3-11-28-15-17)12-19(23)24(30)20(25(29)31)13-18-7-9-21(26)22(27)14-18/h3,6-15H,5H2,1H3. The molecule has 0 saturated heterocycles. The van der Waals surface area contributed by atoms with Gasteiger partial charge in [-0.15, -0.1) is 0 Å². The van der Waals surface area contributed by atoms with Gasteiger partial charge in [0.15, 0.2) is 11.6 Å². The molecule has 0 saturated carbocycles. The fraction of sp³-hybridized carbons (Fsp3) is 0.0800. The number of halogens is 2. The van der Waals surface area contributed by atoms with Crippen LogP contribution in [0.15, 0.2) is 66.5 Å². The summed E-state index contributed by atoms with van der Waals surface area (Å²) in [6.07, 6.45) is 5.21. The third-order valence-corrected chi connectivity index (χ3v) is 4.88. The SMILES string of the molecule is CN1C(=O)C(=Cc2ccc(F)c(F)c2)C(=O)c2cc(C#CCc3cccnc3)ccc21. The number of Topliss-reactive ketones (excluding diaryl/α,β-unsaturated/α-hetero) is 1. The summed E-state index contributed by atoms with van der Waals surface area (Å²) in [5.74, 6) is 3.02. The monoisotopic (exact) mass is 414 g/mol. The maximum absolute atomic E-state index is 13.5. The molecular formula is C25H16F2N2O2. The molecule has 0 radical (unpaired) electrons. The molecule has 0 unspecified atom stereocenters. The zero-order valence-corrected chi connectivity index (χ0v) is 16.5. The largest absolute Gasteiger partial charge is 0.311 e. The van der Waals surface area contributed by atoms with E-state index >= 15 is 0 Å². The first kappa shape index (κ1) is 20.2. The van der Waals surface area contributed by atoms with E-state index < -0.39 is 23.3 Å². The number of aromatic nitrogens is 1. The van der Waals surface area contributed by atoms with E-state index in [-0.39, 0.29) is 11.1 Å². The van der Waals surface area contributed by atoms with Crippen LogP contribution in [0.4, 0.5) is 14.5 Å². The van der Waals surface area contributed by atoms with Crippen LogP contribution in [0.2, 0.25) is 0 Å². The Balaban J connectivity index is 1.67. The van der Waals surface area contributed by atoms with Crippen molar-refractivity contribution in [2.75, 3.05) is 11.9 Å². The highest BCUT2D eigenvalue weighted by Crippen LogP contribution is 2.31. The van der Waals surface area contributed by atoms with Gasteiger partial charge < -0.3 is 4.90 Å². The van der Waals surface area contributed by atoms with Crippen molar-refractivity contribution in [1.82, 2.24) is 4.98 Å². The molecule has 0 bridgehead atoms. The fourth-order valence-corrected chi connectivity index (χ4v) is 3.27. The number of nitrogens with zero attached hydrogens (tertiary/aromatic N) is 2. The summed E-state index contributed by atoms with van der Waals surface area (Å²) in [5.41, 5.74) is 2.50. The molecule has 1 aromatic heterocycles. The number of carbonyl (C=O) groups is 2. The van der Waals surface area contributed by atoms with Gasteiger partial charge in [0.25, 0.3) is 5.91 Å². The highest BCUT2D eigenvalue weighted by Gasteiger charge is 2.32. The minimum absolute atomic E-state index is 0.124. The smallest absolute Gasteiger partial charge is 0.262 e. The van der Waals surface area contributed by atoms with Gasteiger partial charge in [-0.1, -0.05) is 24.0 Å². The Kier molecular flexibility index (Phi) is 5.42. The maximum Gasteiger partial charge on any atom is 0.262 e. The minimum Gasteiger partial charge on any atom is -0.311 e. The molecule has 31 heavy (non-hydrogen) atoms. The van der Waals surface area contributed by atoms with Crippen LogP contribution >= 0.6 is 0 Å². The van der Waals surface area contributed by atoms with Crippen molar-refractivity contribution in [3.63, 3.8) is 0 Å². The van der Waals surface area contributed by atoms with Crippen LogP contribution in [0.3, 0.4) is 0 Å². The maximum atomic E-state index is 13.5. The number of pyridine rings is 1. The van der Waals surface area contributed by atoms with E-state index in [0.29, 0.717) is 23.2 Å². The highest BCUT2D eigenvalue weighted by molar-refractivity contribution is 6.36. The van der Waals surface area contributed by atoms with Crippen molar-refractivity contribution in [2.24, 2.45) is 0 Å². The van der Waals surface area contributed by atoms with E-state index in [4.69, 9.17) is 0 Å². The molecule has 4 nitrogen and oxygen atoms in total. The van der Waals surface area contributed by atoms with Crippen LogP contribution < -0.4 is 4.90 Å². The Labute approximate surface area is 177 Å². The summed E-state index contributed by atoms with van der Waals surface area (Å²) in [6.45, 7) is 0. The summed E-state index contributed by atoms with van der Waals surface area (Å²) in [4.78, 5) is 31.1. The number of likely N-dealkylation sites (N-methyl/N-ethyl adjacent to an activating group) is 1. The summed E-state index contributed by atoms with van der Waals surface area (Å²) in [6, 6.07) is 12.0. The zero-order valence-electron chi connectivity index (χ0n) is 16.5. The molecule has 6 heteroatoms. The highest BCUT2D eigenvalue weighted by atomic mass is 19.2. The summed E-state index contributed by atoms with van der Waals surface area (Å²) in [7, 11) is 1.56. The number of hydrogen-bond donors (Lipinski definition) is 0. The molecule has 1 aliphatic rings. The van der Waals surface area contributed by atoms with E-state index in [1.165, 1.54) is 17.0 Å². The number of fused-ring (bicyclic) bond motifs is 1. The van der Waals surface area contributed by atoms with E-state index in [1.54, 1.807) is 37.6 Å². The number of hydrogen-bond acceptors (Lipinski definition) is 3. The van der Waals surface area contributed by atoms with Gasteiger partial charge >= 0.3 is 0 Å². The topological polar surface area (TPSA) is 50.3 Å². The first-order chi connectivity index (χ1) is 14.9. The van der Waals surface area contributed by atoms with Crippen LogP contribution in [-0.4, -0.2) is 23.7 Å². The number of carbonyl (C=O) groups excluding carboxylic acids is 2. The first-order valence-corrected chi connectivity index (χ1v) is 9.45.